The number of fused-ring (bicyclic) bond motifs is 3. The monoisotopic (exact) mass is 251 g/mol. The van der Waals surface area contributed by atoms with E-state index in [0.717, 1.165) is 25.0 Å². The van der Waals surface area contributed by atoms with Gasteiger partial charge in [0.15, 0.2) is 17.4 Å². The molecular formula is C15H16F2O. The fourth-order valence-corrected chi connectivity index (χ4v) is 3.47. The average Bonchev–Trinajstić information content (AvgIpc) is 2.50. The van der Waals surface area contributed by atoms with E-state index in [1.807, 2.05) is 13.8 Å². The molecule has 2 aliphatic carbocycles. The van der Waals surface area contributed by atoms with Crippen molar-refractivity contribution in [3.05, 3.63) is 34.9 Å². The van der Waals surface area contributed by atoms with Crippen molar-refractivity contribution in [3.8, 4) is 0 Å². The maximum absolute atomic E-state index is 13.5. The summed E-state index contributed by atoms with van der Waals surface area (Å²) in [7, 11) is 0. The van der Waals surface area contributed by atoms with Gasteiger partial charge in [-0.05, 0) is 41.8 Å². The normalized spacial score (nSPS) is 33.9. The van der Waals surface area contributed by atoms with Crippen LogP contribution >= 0.6 is 0 Å². The van der Waals surface area contributed by atoms with Gasteiger partial charge in [-0.3, -0.25) is 4.79 Å². The molecule has 2 aliphatic rings. The van der Waals surface area contributed by atoms with Crippen LogP contribution in [-0.2, 0) is 0 Å². The summed E-state index contributed by atoms with van der Waals surface area (Å²) < 4.78 is 35.5. The van der Waals surface area contributed by atoms with E-state index < -0.39 is 23.4 Å². The van der Waals surface area contributed by atoms with E-state index in [-0.39, 0.29) is 16.8 Å². The third-order valence-corrected chi connectivity index (χ3v) is 4.33. The Morgan fingerprint density at radius 1 is 1.33 bits per heavy atom. The van der Waals surface area contributed by atoms with Gasteiger partial charge in [-0.2, -0.15) is 0 Å². The average molecular weight is 251 g/mol. The minimum atomic E-state index is -1.09. The largest absolute Gasteiger partial charge is 0.294 e. The number of carbonyl (C=O) groups excluding carboxylic acids is 1. The number of halogens is 2. The Labute approximate surface area is 107 Å². The Morgan fingerprint density at radius 3 is 2.72 bits per heavy atom. The van der Waals surface area contributed by atoms with Gasteiger partial charge in [-0.15, -0.1) is 0 Å². The second-order valence-corrected chi connectivity index (χ2v) is 5.98. The van der Waals surface area contributed by atoms with E-state index in [1.165, 1.54) is 0 Å². The molecule has 0 aliphatic heterocycles. The quantitative estimate of drug-likeness (QED) is 0.679. The highest BCUT2D eigenvalue weighted by Gasteiger charge is 2.49. The lowest BCUT2D eigenvalue weighted by Gasteiger charge is -2.39. The molecule has 18 heavy (non-hydrogen) atoms. The molecule has 1 saturated carbocycles. The maximum Gasteiger partial charge on any atom is 0.167 e. The summed E-state index contributed by atoms with van der Waals surface area (Å²) in [5.74, 6) is -3.77. The van der Waals surface area contributed by atoms with Crippen LogP contribution in [0.4, 0.5) is 8.78 Å². The lowest BCUT2D eigenvalue weighted by atomic mass is 9.64. The number of hydrogen-bond donors (Lipinski definition) is 0. The summed E-state index contributed by atoms with van der Waals surface area (Å²) in [5.41, 5.74) is 0.270. The minimum Gasteiger partial charge on any atom is -0.294 e. The zero-order chi connectivity index (χ0) is 14.0. The Bertz CT molecular complexity index is 582. The van der Waals surface area contributed by atoms with Crippen LogP contribution in [0.5, 0.6) is 0 Å². The fraction of sp³-hybridized carbons (Fsp3) is 0.533. The topological polar surface area (TPSA) is 17.1 Å². The molecule has 0 saturated heterocycles. The first-order valence-corrected chi connectivity index (χ1v) is 6.31. The predicted molar refractivity (Wildman–Crippen MR) is 64.6 cm³/mol. The van der Waals surface area contributed by atoms with Gasteiger partial charge in [0.05, 0.1) is 0 Å². The van der Waals surface area contributed by atoms with Gasteiger partial charge in [0, 0.05) is 12.9 Å². The third-order valence-electron chi connectivity index (χ3n) is 4.33. The molecule has 0 amide bonds. The van der Waals surface area contributed by atoms with Crippen LogP contribution in [0.25, 0.3) is 0 Å². The van der Waals surface area contributed by atoms with Gasteiger partial charge in [0.25, 0.3) is 0 Å². The highest BCUT2D eigenvalue weighted by atomic mass is 19.2. The smallest absolute Gasteiger partial charge is 0.167 e. The summed E-state index contributed by atoms with van der Waals surface area (Å²) in [6.07, 6.45) is 2.23. The summed E-state index contributed by atoms with van der Waals surface area (Å²) in [6.45, 7) is 3.94. The van der Waals surface area contributed by atoms with Crippen LogP contribution in [0, 0.1) is 23.0 Å². The molecule has 0 spiro atoms. The van der Waals surface area contributed by atoms with Gasteiger partial charge in [0.1, 0.15) is 0 Å². The van der Waals surface area contributed by atoms with Crippen molar-refractivity contribution in [1.82, 2.24) is 0 Å². The molecule has 1 fully saturated rings. The molecule has 3 rings (SSSR count). The zero-order valence-corrected chi connectivity index (χ0v) is 10.5. The Kier molecular flexibility index (Phi) is 2.14. The maximum atomic E-state index is 13.5. The summed E-state index contributed by atoms with van der Waals surface area (Å²) in [6, 6.07) is 2.02. The van der Waals surface area contributed by atoms with Crippen molar-refractivity contribution in [2.45, 2.75) is 39.0 Å². The predicted octanol–water partition coefficient (Wildman–Crippen LogP) is 4.07. The molecule has 0 unspecified atom stereocenters. The summed E-state index contributed by atoms with van der Waals surface area (Å²) in [5, 5.41) is 0. The van der Waals surface area contributed by atoms with Crippen molar-refractivity contribution in [2.24, 2.45) is 11.3 Å². The first kappa shape index (κ1) is 10.7. The summed E-state index contributed by atoms with van der Waals surface area (Å²) >= 11 is 0. The second-order valence-electron chi connectivity index (χ2n) is 5.98. The molecule has 1 nitrogen and oxygen atoms in total. The lowest BCUT2D eigenvalue weighted by Crippen LogP contribution is -2.34. The van der Waals surface area contributed by atoms with Crippen LogP contribution in [0.15, 0.2) is 12.1 Å². The molecule has 0 heterocycles. The number of rotatable bonds is 0. The molecule has 1 aromatic rings. The Morgan fingerprint density at radius 2 is 2.00 bits per heavy atom. The minimum absolute atomic E-state index is 0.200. The Hall–Kier alpha value is -1.25. The Balaban J connectivity index is 2.25. The number of Topliss-reactive ketones (excluding diaryl/α,β-unsaturated/α-hetero) is 1. The SMILES string of the molecule is [2H][C@]12CCCC(C)(C)[C@@H]1C(=O)c1cc(F)c(F)cc12. The van der Waals surface area contributed by atoms with Crippen LogP contribution in [0.2, 0.25) is 0 Å². The van der Waals surface area contributed by atoms with Crippen molar-refractivity contribution >= 4 is 5.78 Å². The van der Waals surface area contributed by atoms with E-state index in [2.05, 4.69) is 0 Å². The lowest BCUT2D eigenvalue weighted by molar-refractivity contribution is 0.0687. The number of hydrogen-bond acceptors (Lipinski definition) is 1. The molecule has 2 atom stereocenters. The first-order chi connectivity index (χ1) is 8.77. The van der Waals surface area contributed by atoms with E-state index in [4.69, 9.17) is 1.37 Å². The standard InChI is InChI=1S/C15H16F2O/c1-15(2)5-3-4-8-9-6-11(16)12(17)7-10(9)14(18)13(8)15/h6-8,13H,3-5H2,1-2H3/t8-,13+/m1/s1/i8D. The van der Waals surface area contributed by atoms with E-state index in [1.54, 1.807) is 0 Å². The van der Waals surface area contributed by atoms with Gasteiger partial charge in [0.2, 0.25) is 0 Å². The third kappa shape index (κ3) is 1.46. The van der Waals surface area contributed by atoms with E-state index in [9.17, 15) is 13.6 Å². The van der Waals surface area contributed by atoms with E-state index in [0.29, 0.717) is 12.0 Å². The van der Waals surface area contributed by atoms with Crippen molar-refractivity contribution in [1.29, 1.82) is 0 Å². The van der Waals surface area contributed by atoms with E-state index >= 15 is 0 Å². The van der Waals surface area contributed by atoms with Gasteiger partial charge >= 0.3 is 0 Å². The number of ketones is 1. The fourth-order valence-electron chi connectivity index (χ4n) is 3.47. The van der Waals surface area contributed by atoms with Crippen molar-refractivity contribution in [2.75, 3.05) is 0 Å². The van der Waals surface area contributed by atoms with Crippen LogP contribution in [-0.4, -0.2) is 5.78 Å². The molecule has 0 aromatic heterocycles. The molecule has 0 bridgehead atoms. The first-order valence-electron chi connectivity index (χ1n) is 6.81. The van der Waals surface area contributed by atoms with Crippen LogP contribution in [0.1, 0.15) is 56.3 Å². The number of benzene rings is 1. The molecule has 96 valence electrons. The van der Waals surface area contributed by atoms with Gasteiger partial charge < -0.3 is 0 Å². The van der Waals surface area contributed by atoms with Crippen LogP contribution < -0.4 is 0 Å². The second kappa shape index (κ2) is 3.62. The van der Waals surface area contributed by atoms with Crippen molar-refractivity contribution in [3.63, 3.8) is 0 Å². The van der Waals surface area contributed by atoms with Crippen molar-refractivity contribution < 1.29 is 14.9 Å². The highest BCUT2D eigenvalue weighted by molar-refractivity contribution is 6.03. The molecular weight excluding hydrogens is 234 g/mol. The van der Waals surface area contributed by atoms with Gasteiger partial charge in [-0.25, -0.2) is 8.78 Å². The molecule has 0 N–H and O–H groups in total. The zero-order valence-electron chi connectivity index (χ0n) is 11.5. The number of carbonyl (C=O) groups is 1. The highest BCUT2D eigenvalue weighted by Crippen LogP contribution is 2.54. The molecule has 1 aromatic carbocycles. The summed E-state index contributed by atoms with van der Waals surface area (Å²) in [4.78, 5) is 12.5. The van der Waals surface area contributed by atoms with Gasteiger partial charge in [-0.1, -0.05) is 20.3 Å². The molecule has 3 heteroatoms. The van der Waals surface area contributed by atoms with Crippen LogP contribution in [0.3, 0.4) is 0 Å². The molecule has 0 radical (unpaired) electrons.